The molecule has 0 heterocycles. The first-order valence-corrected chi connectivity index (χ1v) is 9.19. The fraction of sp³-hybridized carbons (Fsp3) is 0.273. The molecule has 5 N–H and O–H groups in total. The van der Waals surface area contributed by atoms with Crippen LogP contribution in [0.2, 0.25) is 0 Å². The van der Waals surface area contributed by atoms with Gasteiger partial charge >= 0.3 is 5.97 Å². The maximum absolute atomic E-state index is 12.6. The van der Waals surface area contributed by atoms with E-state index in [0.717, 1.165) is 0 Å². The molecule has 2 aromatic carbocycles. The summed E-state index contributed by atoms with van der Waals surface area (Å²) in [5.74, 6) is -2.47. The van der Waals surface area contributed by atoms with E-state index in [4.69, 9.17) is 4.74 Å². The topological polar surface area (TPSA) is 136 Å². The Morgan fingerprint density at radius 2 is 1.57 bits per heavy atom. The largest absolute Gasteiger partial charge is 0.504 e. The van der Waals surface area contributed by atoms with Gasteiger partial charge in [0.2, 0.25) is 5.91 Å². The van der Waals surface area contributed by atoms with Gasteiger partial charge in [-0.1, -0.05) is 12.1 Å². The first-order chi connectivity index (χ1) is 13.9. The molecule has 30 heavy (non-hydrogen) atoms. The van der Waals surface area contributed by atoms with Crippen LogP contribution in [0, 0.1) is 0 Å². The third-order valence-electron chi connectivity index (χ3n) is 3.91. The van der Waals surface area contributed by atoms with Crippen molar-refractivity contribution in [2.75, 3.05) is 0 Å². The van der Waals surface area contributed by atoms with Crippen LogP contribution in [0.15, 0.2) is 42.5 Å². The highest BCUT2D eigenvalue weighted by atomic mass is 16.6. The molecule has 0 saturated heterocycles. The molecule has 2 aromatic rings. The molecular weight excluding hydrogens is 390 g/mol. The second-order valence-corrected chi connectivity index (χ2v) is 7.70. The summed E-state index contributed by atoms with van der Waals surface area (Å²) in [7, 11) is 0. The van der Waals surface area contributed by atoms with Crippen LogP contribution in [0.1, 0.15) is 31.9 Å². The van der Waals surface area contributed by atoms with Crippen molar-refractivity contribution in [1.29, 1.82) is 0 Å². The molecule has 1 unspecified atom stereocenters. The smallest absolute Gasteiger partial charge is 0.329 e. The number of benzene rings is 2. The number of carbonyl (C=O) groups excluding carboxylic acids is 2. The van der Waals surface area contributed by atoms with Gasteiger partial charge in [-0.2, -0.15) is 0 Å². The van der Waals surface area contributed by atoms with Crippen molar-refractivity contribution >= 4 is 18.0 Å². The van der Waals surface area contributed by atoms with Gasteiger partial charge < -0.3 is 30.5 Å². The van der Waals surface area contributed by atoms with Crippen LogP contribution in [0.4, 0.5) is 0 Å². The van der Waals surface area contributed by atoms with E-state index >= 15 is 0 Å². The summed E-state index contributed by atoms with van der Waals surface area (Å²) < 4.78 is 5.37. The van der Waals surface area contributed by atoms with Crippen molar-refractivity contribution in [2.45, 2.75) is 38.8 Å². The van der Waals surface area contributed by atoms with Gasteiger partial charge in [-0.3, -0.25) is 4.79 Å². The molecule has 0 saturated carbocycles. The lowest BCUT2D eigenvalue weighted by Gasteiger charge is -2.24. The van der Waals surface area contributed by atoms with E-state index in [2.05, 4.69) is 5.32 Å². The normalized spacial score (nSPS) is 12.5. The fourth-order valence-corrected chi connectivity index (χ4v) is 2.53. The predicted octanol–water partition coefficient (Wildman–Crippen LogP) is 2.59. The molecule has 2 rings (SSSR count). The highest BCUT2D eigenvalue weighted by Gasteiger charge is 2.26. The molecule has 0 aliphatic rings. The number of hydrogen-bond donors (Lipinski definition) is 5. The quantitative estimate of drug-likeness (QED) is 0.278. The third kappa shape index (κ3) is 6.73. The monoisotopic (exact) mass is 415 g/mol. The zero-order valence-electron chi connectivity index (χ0n) is 16.9. The summed E-state index contributed by atoms with van der Waals surface area (Å²) in [6.07, 6.45) is 2.62. The molecule has 0 aromatic heterocycles. The molecule has 160 valence electrons. The molecule has 1 amide bonds. The molecule has 8 heteroatoms. The number of nitrogens with one attached hydrogen (secondary N) is 1. The Bertz CT molecular complexity index is 960. The number of aromatic hydroxyl groups is 4. The van der Waals surface area contributed by atoms with Gasteiger partial charge in [0.25, 0.3) is 0 Å². The number of phenols is 4. The van der Waals surface area contributed by atoms with E-state index in [1.807, 2.05) is 0 Å². The molecule has 0 radical (unpaired) electrons. The molecule has 0 fully saturated rings. The lowest BCUT2D eigenvalue weighted by Crippen LogP contribution is -2.45. The minimum Gasteiger partial charge on any atom is -0.504 e. The van der Waals surface area contributed by atoms with Crippen LogP contribution in [0.3, 0.4) is 0 Å². The van der Waals surface area contributed by atoms with Gasteiger partial charge in [-0.15, -0.1) is 0 Å². The summed E-state index contributed by atoms with van der Waals surface area (Å²) in [6.45, 7) is 5.11. The van der Waals surface area contributed by atoms with Crippen molar-refractivity contribution in [1.82, 2.24) is 5.32 Å². The van der Waals surface area contributed by atoms with Crippen LogP contribution in [0.5, 0.6) is 23.0 Å². The first-order valence-electron chi connectivity index (χ1n) is 9.19. The standard InChI is InChI=1S/C22H25NO7/c1-22(2,3)30-21(29)15(10-14-5-8-17(25)19(27)12-14)23-20(28)9-6-13-4-7-16(24)18(26)11-13/h4-9,11-12,15,24-27H,10H2,1-3H3,(H,23,28)/b9-6+. The van der Waals surface area contributed by atoms with Crippen LogP contribution in [-0.4, -0.2) is 43.9 Å². The number of rotatable bonds is 6. The number of amides is 1. The van der Waals surface area contributed by atoms with Crippen molar-refractivity contribution in [3.8, 4) is 23.0 Å². The van der Waals surface area contributed by atoms with E-state index in [1.165, 1.54) is 48.6 Å². The van der Waals surface area contributed by atoms with E-state index in [1.54, 1.807) is 20.8 Å². The minimum absolute atomic E-state index is 0.0301. The number of hydrogen-bond acceptors (Lipinski definition) is 7. The SMILES string of the molecule is CC(C)(C)OC(=O)C(Cc1ccc(O)c(O)c1)NC(=O)/C=C/c1ccc(O)c(O)c1. The Hall–Kier alpha value is -3.68. The number of esters is 1. The van der Waals surface area contributed by atoms with Gasteiger partial charge in [0.05, 0.1) is 0 Å². The Labute approximate surface area is 174 Å². The molecule has 8 nitrogen and oxygen atoms in total. The number of carbonyl (C=O) groups is 2. The molecule has 0 aliphatic carbocycles. The predicted molar refractivity (Wildman–Crippen MR) is 110 cm³/mol. The van der Waals surface area contributed by atoms with E-state index in [9.17, 15) is 30.0 Å². The van der Waals surface area contributed by atoms with Crippen LogP contribution in [-0.2, 0) is 20.7 Å². The summed E-state index contributed by atoms with van der Waals surface area (Å²) in [5.41, 5.74) is 0.211. The third-order valence-corrected chi connectivity index (χ3v) is 3.91. The summed E-state index contributed by atoms with van der Waals surface area (Å²) in [4.78, 5) is 24.9. The van der Waals surface area contributed by atoms with E-state index in [0.29, 0.717) is 11.1 Å². The first kappa shape index (κ1) is 22.6. The van der Waals surface area contributed by atoms with Gasteiger partial charge in [-0.05, 0) is 62.2 Å². The van der Waals surface area contributed by atoms with Crippen molar-refractivity contribution < 1.29 is 34.8 Å². The average Bonchev–Trinajstić information content (AvgIpc) is 2.63. The van der Waals surface area contributed by atoms with Crippen LogP contribution >= 0.6 is 0 Å². The van der Waals surface area contributed by atoms with Crippen molar-refractivity contribution in [3.63, 3.8) is 0 Å². The fourth-order valence-electron chi connectivity index (χ4n) is 2.53. The zero-order chi connectivity index (χ0) is 22.5. The Morgan fingerprint density at radius 1 is 0.967 bits per heavy atom. The van der Waals surface area contributed by atoms with Crippen LogP contribution < -0.4 is 5.32 Å². The van der Waals surface area contributed by atoms with Crippen molar-refractivity contribution in [3.05, 3.63) is 53.6 Å². The second kappa shape index (κ2) is 9.21. The van der Waals surface area contributed by atoms with Gasteiger partial charge in [0, 0.05) is 12.5 Å². The van der Waals surface area contributed by atoms with E-state index in [-0.39, 0.29) is 29.4 Å². The number of phenolic OH excluding ortho intramolecular Hbond substituents is 4. The molecular formula is C22H25NO7. The molecule has 0 aliphatic heterocycles. The zero-order valence-corrected chi connectivity index (χ0v) is 16.9. The lowest BCUT2D eigenvalue weighted by molar-refractivity contribution is -0.158. The summed E-state index contributed by atoms with van der Waals surface area (Å²) in [5, 5.41) is 40.5. The van der Waals surface area contributed by atoms with Crippen LogP contribution in [0.25, 0.3) is 6.08 Å². The summed E-state index contributed by atoms with van der Waals surface area (Å²) >= 11 is 0. The highest BCUT2D eigenvalue weighted by molar-refractivity contribution is 5.94. The van der Waals surface area contributed by atoms with Gasteiger partial charge in [0.15, 0.2) is 23.0 Å². The number of ether oxygens (including phenoxy) is 1. The van der Waals surface area contributed by atoms with Crippen molar-refractivity contribution in [2.24, 2.45) is 0 Å². The lowest BCUT2D eigenvalue weighted by atomic mass is 10.0. The Morgan fingerprint density at radius 3 is 2.13 bits per heavy atom. The van der Waals surface area contributed by atoms with E-state index < -0.39 is 23.5 Å². The molecule has 0 spiro atoms. The minimum atomic E-state index is -1.04. The Kier molecular flexibility index (Phi) is 6.94. The summed E-state index contributed by atoms with van der Waals surface area (Å²) in [6, 6.07) is 7.14. The average molecular weight is 415 g/mol. The van der Waals surface area contributed by atoms with Gasteiger partial charge in [0.1, 0.15) is 11.6 Å². The highest BCUT2D eigenvalue weighted by Crippen LogP contribution is 2.26. The maximum atomic E-state index is 12.6. The molecule has 1 atom stereocenters. The molecule has 0 bridgehead atoms. The Balaban J connectivity index is 2.17. The maximum Gasteiger partial charge on any atom is 0.329 e. The van der Waals surface area contributed by atoms with Gasteiger partial charge in [-0.25, -0.2) is 4.79 Å². The second-order valence-electron chi connectivity index (χ2n) is 7.70.